The molecule has 0 spiro atoms. The fourth-order valence-corrected chi connectivity index (χ4v) is 2.98. The molecule has 0 aliphatic heterocycles. The summed E-state index contributed by atoms with van der Waals surface area (Å²) in [5.41, 5.74) is 3.75. The van der Waals surface area contributed by atoms with Crippen molar-refractivity contribution in [1.82, 2.24) is 9.88 Å². The van der Waals surface area contributed by atoms with Gasteiger partial charge in [-0.15, -0.1) is 11.3 Å². The fraction of sp³-hybridized carbons (Fsp3) is 0.400. The molecule has 0 bridgehead atoms. The number of rotatable bonds is 5. The number of benzene rings is 1. The van der Waals surface area contributed by atoms with Gasteiger partial charge in [0.1, 0.15) is 5.01 Å². The Morgan fingerprint density at radius 2 is 1.84 bits per heavy atom. The molecule has 0 unspecified atom stereocenters. The standard InChI is InChI=1S/C15H21N3S/c1-12-11-19-15(16-12)10-18(4)9-13-7-5-6-8-14(13)17(2)3/h5-8,11H,9-10H2,1-4H3. The second kappa shape index (κ2) is 6.17. The summed E-state index contributed by atoms with van der Waals surface area (Å²) in [6.45, 7) is 3.88. The van der Waals surface area contributed by atoms with Gasteiger partial charge in [-0.25, -0.2) is 4.98 Å². The van der Waals surface area contributed by atoms with Crippen LogP contribution < -0.4 is 4.90 Å². The normalized spacial score (nSPS) is 11.0. The van der Waals surface area contributed by atoms with E-state index in [1.807, 2.05) is 6.92 Å². The zero-order valence-electron chi connectivity index (χ0n) is 12.1. The summed E-state index contributed by atoms with van der Waals surface area (Å²) < 4.78 is 0. The van der Waals surface area contributed by atoms with Gasteiger partial charge in [-0.1, -0.05) is 18.2 Å². The smallest absolute Gasteiger partial charge is 0.107 e. The van der Waals surface area contributed by atoms with Crippen molar-refractivity contribution in [3.05, 3.63) is 45.9 Å². The molecule has 2 rings (SSSR count). The summed E-state index contributed by atoms with van der Waals surface area (Å²) in [6, 6.07) is 8.54. The minimum atomic E-state index is 0.903. The maximum atomic E-state index is 4.52. The summed E-state index contributed by atoms with van der Waals surface area (Å²) in [4.78, 5) is 8.99. The Bertz CT molecular complexity index is 534. The Morgan fingerprint density at radius 3 is 2.47 bits per heavy atom. The zero-order chi connectivity index (χ0) is 13.8. The van der Waals surface area contributed by atoms with Crippen LogP contribution >= 0.6 is 11.3 Å². The first kappa shape index (κ1) is 14.0. The third kappa shape index (κ3) is 3.78. The lowest BCUT2D eigenvalue weighted by molar-refractivity contribution is 0.318. The number of anilines is 1. The van der Waals surface area contributed by atoms with Crippen LogP contribution in [0.3, 0.4) is 0 Å². The van der Waals surface area contributed by atoms with Crippen LogP contribution in [0.25, 0.3) is 0 Å². The monoisotopic (exact) mass is 275 g/mol. The maximum absolute atomic E-state index is 4.52. The molecule has 3 nitrogen and oxygen atoms in total. The van der Waals surface area contributed by atoms with Gasteiger partial charge >= 0.3 is 0 Å². The SMILES string of the molecule is Cc1csc(CN(C)Cc2ccccc2N(C)C)n1. The molecule has 0 aliphatic carbocycles. The van der Waals surface area contributed by atoms with Crippen LogP contribution in [0.5, 0.6) is 0 Å². The van der Waals surface area contributed by atoms with Crippen molar-refractivity contribution in [3.63, 3.8) is 0 Å². The molecule has 0 fully saturated rings. The van der Waals surface area contributed by atoms with Crippen LogP contribution in [-0.2, 0) is 13.1 Å². The highest BCUT2D eigenvalue weighted by Crippen LogP contribution is 2.20. The molecule has 2 aromatic rings. The molecule has 1 heterocycles. The van der Waals surface area contributed by atoms with Gasteiger partial charge < -0.3 is 4.90 Å². The number of aromatic nitrogens is 1. The summed E-state index contributed by atoms with van der Waals surface area (Å²) in [5, 5.41) is 3.29. The number of hydrogen-bond donors (Lipinski definition) is 0. The highest BCUT2D eigenvalue weighted by molar-refractivity contribution is 7.09. The lowest BCUT2D eigenvalue weighted by Gasteiger charge is -2.21. The predicted octanol–water partition coefficient (Wildman–Crippen LogP) is 3.15. The van der Waals surface area contributed by atoms with Gasteiger partial charge in [-0.05, 0) is 25.6 Å². The summed E-state index contributed by atoms with van der Waals surface area (Å²) in [5.74, 6) is 0. The van der Waals surface area contributed by atoms with Crippen molar-refractivity contribution in [2.24, 2.45) is 0 Å². The number of hydrogen-bond acceptors (Lipinski definition) is 4. The average Bonchev–Trinajstić information content (AvgIpc) is 2.75. The van der Waals surface area contributed by atoms with E-state index in [1.165, 1.54) is 16.3 Å². The van der Waals surface area contributed by atoms with Crippen molar-refractivity contribution in [2.45, 2.75) is 20.0 Å². The predicted molar refractivity (Wildman–Crippen MR) is 82.8 cm³/mol. The Hall–Kier alpha value is -1.39. The van der Waals surface area contributed by atoms with Gasteiger partial charge in [-0.2, -0.15) is 0 Å². The third-order valence-electron chi connectivity index (χ3n) is 2.99. The molecule has 19 heavy (non-hydrogen) atoms. The molecule has 0 atom stereocenters. The quantitative estimate of drug-likeness (QED) is 0.835. The highest BCUT2D eigenvalue weighted by Gasteiger charge is 2.08. The topological polar surface area (TPSA) is 19.4 Å². The molecule has 0 saturated carbocycles. The first-order valence-corrected chi connectivity index (χ1v) is 7.29. The molecule has 0 radical (unpaired) electrons. The average molecular weight is 275 g/mol. The zero-order valence-corrected chi connectivity index (χ0v) is 12.9. The molecule has 4 heteroatoms. The molecule has 1 aromatic carbocycles. The van der Waals surface area contributed by atoms with E-state index >= 15 is 0 Å². The number of thiazole rings is 1. The van der Waals surface area contributed by atoms with E-state index in [9.17, 15) is 0 Å². The molecule has 0 N–H and O–H groups in total. The van der Waals surface area contributed by atoms with E-state index in [2.05, 4.69) is 65.6 Å². The Labute approximate surface area is 119 Å². The number of para-hydroxylation sites is 1. The van der Waals surface area contributed by atoms with Gasteiger partial charge in [-0.3, -0.25) is 4.90 Å². The van der Waals surface area contributed by atoms with Gasteiger partial charge in [0.2, 0.25) is 0 Å². The summed E-state index contributed by atoms with van der Waals surface area (Å²) >= 11 is 1.74. The minimum absolute atomic E-state index is 0.903. The van der Waals surface area contributed by atoms with Crippen LogP contribution in [0, 0.1) is 6.92 Å². The van der Waals surface area contributed by atoms with E-state index < -0.39 is 0 Å². The van der Waals surface area contributed by atoms with E-state index in [0.29, 0.717) is 0 Å². The molecule has 1 aromatic heterocycles. The Balaban J connectivity index is 2.04. The first-order chi connectivity index (χ1) is 9.06. The largest absolute Gasteiger partial charge is 0.377 e. The lowest BCUT2D eigenvalue weighted by Crippen LogP contribution is -2.20. The summed E-state index contributed by atoms with van der Waals surface area (Å²) in [7, 11) is 6.31. The van der Waals surface area contributed by atoms with Crippen LogP contribution in [0.2, 0.25) is 0 Å². The van der Waals surface area contributed by atoms with Gasteiger partial charge in [0.15, 0.2) is 0 Å². The van der Waals surface area contributed by atoms with Gasteiger partial charge in [0.05, 0.1) is 6.54 Å². The van der Waals surface area contributed by atoms with Crippen molar-refractivity contribution in [1.29, 1.82) is 0 Å². The second-order valence-electron chi connectivity index (χ2n) is 5.08. The van der Waals surface area contributed by atoms with E-state index in [4.69, 9.17) is 0 Å². The maximum Gasteiger partial charge on any atom is 0.107 e. The van der Waals surface area contributed by atoms with Crippen LogP contribution in [0.1, 0.15) is 16.3 Å². The molecule has 0 amide bonds. The minimum Gasteiger partial charge on any atom is -0.377 e. The van der Waals surface area contributed by atoms with Crippen molar-refractivity contribution in [2.75, 3.05) is 26.0 Å². The Morgan fingerprint density at radius 1 is 1.11 bits per heavy atom. The lowest BCUT2D eigenvalue weighted by atomic mass is 10.1. The third-order valence-corrected chi connectivity index (χ3v) is 3.94. The molecular formula is C15H21N3S. The van der Waals surface area contributed by atoms with Crippen LogP contribution in [0.15, 0.2) is 29.6 Å². The molecule has 102 valence electrons. The van der Waals surface area contributed by atoms with E-state index in [0.717, 1.165) is 18.8 Å². The fourth-order valence-electron chi connectivity index (χ4n) is 2.13. The van der Waals surface area contributed by atoms with Crippen LogP contribution in [-0.4, -0.2) is 31.0 Å². The Kier molecular flexibility index (Phi) is 4.56. The highest BCUT2D eigenvalue weighted by atomic mass is 32.1. The van der Waals surface area contributed by atoms with Crippen molar-refractivity contribution in [3.8, 4) is 0 Å². The second-order valence-corrected chi connectivity index (χ2v) is 6.02. The number of nitrogens with zero attached hydrogens (tertiary/aromatic N) is 3. The van der Waals surface area contributed by atoms with Crippen molar-refractivity contribution >= 4 is 17.0 Å². The van der Waals surface area contributed by atoms with Gasteiger partial charge in [0.25, 0.3) is 0 Å². The van der Waals surface area contributed by atoms with Crippen molar-refractivity contribution < 1.29 is 0 Å². The van der Waals surface area contributed by atoms with Gasteiger partial charge in [0, 0.05) is 37.4 Å². The summed E-state index contributed by atoms with van der Waals surface area (Å²) in [6.07, 6.45) is 0. The first-order valence-electron chi connectivity index (χ1n) is 6.41. The molecule has 0 aliphatic rings. The molecule has 0 saturated heterocycles. The van der Waals surface area contributed by atoms with E-state index in [-0.39, 0.29) is 0 Å². The van der Waals surface area contributed by atoms with E-state index in [1.54, 1.807) is 11.3 Å². The number of aryl methyl sites for hydroxylation is 1. The molecular weight excluding hydrogens is 254 g/mol. The van der Waals surface area contributed by atoms with Crippen LogP contribution in [0.4, 0.5) is 5.69 Å².